The smallest absolute Gasteiger partial charge is 0.233 e. The lowest BCUT2D eigenvalue weighted by Crippen LogP contribution is -2.40. The van der Waals surface area contributed by atoms with E-state index in [1.165, 1.54) is 19.3 Å². The Balaban J connectivity index is 0.00000144. The van der Waals surface area contributed by atoms with Gasteiger partial charge in [0.1, 0.15) is 0 Å². The van der Waals surface area contributed by atoms with Gasteiger partial charge in [-0.15, -0.1) is 12.4 Å². The second kappa shape index (κ2) is 7.19. The van der Waals surface area contributed by atoms with Crippen molar-refractivity contribution < 1.29 is 9.90 Å². The van der Waals surface area contributed by atoms with Gasteiger partial charge in [0.25, 0.3) is 0 Å². The van der Waals surface area contributed by atoms with Gasteiger partial charge >= 0.3 is 0 Å². The van der Waals surface area contributed by atoms with Gasteiger partial charge in [0.05, 0.1) is 12.6 Å². The van der Waals surface area contributed by atoms with Crippen molar-refractivity contribution in [1.29, 1.82) is 0 Å². The number of hydrogen-bond donors (Lipinski definition) is 3. The highest BCUT2D eigenvalue weighted by Crippen LogP contribution is 2.23. The summed E-state index contributed by atoms with van der Waals surface area (Å²) in [5.41, 5.74) is 0. The van der Waals surface area contributed by atoms with Crippen LogP contribution in [-0.4, -0.2) is 36.2 Å². The minimum atomic E-state index is -0.217. The van der Waals surface area contributed by atoms with E-state index in [1.54, 1.807) is 0 Å². The Labute approximate surface area is 109 Å². The molecule has 0 radical (unpaired) electrons. The molecule has 2 saturated carbocycles. The Kier molecular flexibility index (Phi) is 6.23. The molecular formula is C12H23ClN2O2. The van der Waals surface area contributed by atoms with E-state index in [9.17, 15) is 9.90 Å². The highest BCUT2D eigenvalue weighted by atomic mass is 35.5. The maximum absolute atomic E-state index is 11.5. The van der Waals surface area contributed by atoms with Crippen LogP contribution in [0.25, 0.3) is 0 Å². The van der Waals surface area contributed by atoms with Crippen LogP contribution < -0.4 is 10.6 Å². The van der Waals surface area contributed by atoms with E-state index in [-0.39, 0.29) is 30.3 Å². The van der Waals surface area contributed by atoms with Gasteiger partial charge in [0.15, 0.2) is 0 Å². The first-order valence-corrected chi connectivity index (χ1v) is 6.44. The Morgan fingerprint density at radius 1 is 1.18 bits per heavy atom. The molecule has 17 heavy (non-hydrogen) atoms. The standard InChI is InChI=1S/C12H22N2O2.ClH/c15-11-4-2-1-3-9(11)7-14-12(16)8-13-10-5-6-10;/h9-11,13,15H,1-8H2,(H,14,16);1H. The van der Waals surface area contributed by atoms with Crippen LogP contribution in [-0.2, 0) is 4.79 Å². The Hall–Kier alpha value is -0.320. The van der Waals surface area contributed by atoms with Crippen molar-refractivity contribution in [2.75, 3.05) is 13.1 Å². The third-order valence-electron chi connectivity index (χ3n) is 3.56. The molecule has 2 atom stereocenters. The van der Waals surface area contributed by atoms with Crippen LogP contribution in [0.5, 0.6) is 0 Å². The molecule has 0 bridgehead atoms. The van der Waals surface area contributed by atoms with Crippen LogP contribution in [0.2, 0.25) is 0 Å². The zero-order chi connectivity index (χ0) is 11.4. The first-order valence-electron chi connectivity index (χ1n) is 6.44. The van der Waals surface area contributed by atoms with Crippen LogP contribution in [0.3, 0.4) is 0 Å². The number of nitrogens with one attached hydrogen (secondary N) is 2. The van der Waals surface area contributed by atoms with Crippen molar-refractivity contribution >= 4 is 18.3 Å². The average Bonchev–Trinajstić information content (AvgIpc) is 3.09. The van der Waals surface area contributed by atoms with E-state index in [0.717, 1.165) is 19.3 Å². The number of halogens is 1. The fraction of sp³-hybridized carbons (Fsp3) is 0.917. The maximum atomic E-state index is 11.5. The molecule has 1 amide bonds. The topological polar surface area (TPSA) is 61.4 Å². The highest BCUT2D eigenvalue weighted by molar-refractivity contribution is 5.85. The lowest BCUT2D eigenvalue weighted by atomic mass is 9.86. The monoisotopic (exact) mass is 262 g/mol. The minimum absolute atomic E-state index is 0. The van der Waals surface area contributed by atoms with E-state index in [2.05, 4.69) is 10.6 Å². The first kappa shape index (κ1) is 14.7. The Bertz CT molecular complexity index is 247. The second-order valence-corrected chi connectivity index (χ2v) is 5.07. The van der Waals surface area contributed by atoms with Crippen molar-refractivity contribution in [3.8, 4) is 0 Å². The summed E-state index contributed by atoms with van der Waals surface area (Å²) in [4.78, 5) is 11.5. The molecule has 100 valence electrons. The molecule has 0 aliphatic heterocycles. The van der Waals surface area contributed by atoms with Crippen LogP contribution in [0.15, 0.2) is 0 Å². The SMILES string of the molecule is Cl.O=C(CNC1CC1)NCC1CCCCC1O. The molecule has 0 saturated heterocycles. The molecule has 2 rings (SSSR count). The lowest BCUT2D eigenvalue weighted by Gasteiger charge is -2.27. The largest absolute Gasteiger partial charge is 0.393 e. The molecule has 0 spiro atoms. The van der Waals surface area contributed by atoms with Crippen LogP contribution >= 0.6 is 12.4 Å². The molecule has 5 heteroatoms. The van der Waals surface area contributed by atoms with Gasteiger partial charge in [-0.25, -0.2) is 0 Å². The van der Waals surface area contributed by atoms with E-state index in [4.69, 9.17) is 0 Å². The first-order chi connectivity index (χ1) is 7.75. The number of rotatable bonds is 5. The Morgan fingerprint density at radius 3 is 2.53 bits per heavy atom. The second-order valence-electron chi connectivity index (χ2n) is 5.07. The number of aliphatic hydroxyl groups excluding tert-OH is 1. The summed E-state index contributed by atoms with van der Waals surface area (Å²) in [5, 5.41) is 15.8. The fourth-order valence-corrected chi connectivity index (χ4v) is 2.26. The van der Waals surface area contributed by atoms with Crippen molar-refractivity contribution in [3.63, 3.8) is 0 Å². The molecule has 2 aliphatic carbocycles. The van der Waals surface area contributed by atoms with Crippen molar-refractivity contribution in [2.24, 2.45) is 5.92 Å². The molecule has 0 aromatic heterocycles. The molecule has 0 heterocycles. The molecule has 2 fully saturated rings. The predicted molar refractivity (Wildman–Crippen MR) is 69.2 cm³/mol. The van der Waals surface area contributed by atoms with Gasteiger partial charge in [-0.3, -0.25) is 4.79 Å². The predicted octanol–water partition coefficient (Wildman–Crippen LogP) is 0.827. The van der Waals surface area contributed by atoms with Crippen molar-refractivity contribution in [2.45, 2.75) is 50.7 Å². The summed E-state index contributed by atoms with van der Waals surface area (Å²) >= 11 is 0. The van der Waals surface area contributed by atoms with Gasteiger partial charge in [-0.2, -0.15) is 0 Å². The summed E-state index contributed by atoms with van der Waals surface area (Å²) in [6.07, 6.45) is 6.42. The number of hydrogen-bond acceptors (Lipinski definition) is 3. The molecule has 0 aromatic carbocycles. The summed E-state index contributed by atoms with van der Waals surface area (Å²) < 4.78 is 0. The molecule has 2 unspecified atom stereocenters. The van der Waals surface area contributed by atoms with Gasteiger partial charge in [-0.05, 0) is 25.7 Å². The number of amides is 1. The zero-order valence-corrected chi connectivity index (χ0v) is 11.0. The van der Waals surface area contributed by atoms with Crippen LogP contribution in [0, 0.1) is 5.92 Å². The highest BCUT2D eigenvalue weighted by Gasteiger charge is 2.24. The molecule has 0 aromatic rings. The van der Waals surface area contributed by atoms with E-state index in [0.29, 0.717) is 19.1 Å². The number of carbonyl (C=O) groups is 1. The number of aliphatic hydroxyl groups is 1. The summed E-state index contributed by atoms with van der Waals surface area (Å²) in [5.74, 6) is 0.322. The zero-order valence-electron chi connectivity index (χ0n) is 10.2. The maximum Gasteiger partial charge on any atom is 0.233 e. The average molecular weight is 263 g/mol. The third kappa shape index (κ3) is 5.23. The van der Waals surface area contributed by atoms with E-state index in [1.807, 2.05) is 0 Å². The molecule has 4 nitrogen and oxygen atoms in total. The van der Waals surface area contributed by atoms with E-state index < -0.39 is 0 Å². The summed E-state index contributed by atoms with van der Waals surface area (Å²) in [7, 11) is 0. The van der Waals surface area contributed by atoms with E-state index >= 15 is 0 Å². The number of carbonyl (C=O) groups excluding carboxylic acids is 1. The van der Waals surface area contributed by atoms with Gasteiger partial charge in [-0.1, -0.05) is 12.8 Å². The summed E-state index contributed by atoms with van der Waals surface area (Å²) in [6, 6.07) is 0.575. The molecule has 3 N–H and O–H groups in total. The molecular weight excluding hydrogens is 240 g/mol. The van der Waals surface area contributed by atoms with Crippen LogP contribution in [0.1, 0.15) is 38.5 Å². The van der Waals surface area contributed by atoms with Crippen molar-refractivity contribution in [3.05, 3.63) is 0 Å². The third-order valence-corrected chi connectivity index (χ3v) is 3.56. The van der Waals surface area contributed by atoms with Gasteiger partial charge in [0.2, 0.25) is 5.91 Å². The van der Waals surface area contributed by atoms with Crippen molar-refractivity contribution in [1.82, 2.24) is 10.6 Å². The van der Waals surface area contributed by atoms with Crippen LogP contribution in [0.4, 0.5) is 0 Å². The minimum Gasteiger partial charge on any atom is -0.393 e. The summed E-state index contributed by atoms with van der Waals surface area (Å²) in [6.45, 7) is 1.06. The van der Waals surface area contributed by atoms with Gasteiger partial charge < -0.3 is 15.7 Å². The van der Waals surface area contributed by atoms with Gasteiger partial charge in [0, 0.05) is 18.5 Å². The lowest BCUT2D eigenvalue weighted by molar-refractivity contribution is -0.120. The fourth-order valence-electron chi connectivity index (χ4n) is 2.26. The Morgan fingerprint density at radius 2 is 1.88 bits per heavy atom. The molecule has 2 aliphatic rings. The normalized spacial score (nSPS) is 28.3. The quantitative estimate of drug-likeness (QED) is 0.688.